The molecular weight excluding hydrogens is 192 g/mol. The third-order valence-corrected chi connectivity index (χ3v) is 2.04. The normalized spacial score (nSPS) is 11.8. The molecule has 0 fully saturated rings. The van der Waals surface area contributed by atoms with E-state index in [1.54, 1.807) is 13.2 Å². The predicted molar refractivity (Wildman–Crippen MR) is 56.4 cm³/mol. The van der Waals surface area contributed by atoms with Crippen LogP contribution in [0.15, 0.2) is 24.3 Å². The first-order valence-corrected chi connectivity index (χ1v) is 4.70. The summed E-state index contributed by atoms with van der Waals surface area (Å²) >= 11 is 0. The molecule has 4 heteroatoms. The van der Waals surface area contributed by atoms with Crippen LogP contribution in [-0.2, 0) is 0 Å². The summed E-state index contributed by atoms with van der Waals surface area (Å²) in [5.74, 6) is 0.675. The van der Waals surface area contributed by atoms with Gasteiger partial charge in [-0.2, -0.15) is 5.26 Å². The summed E-state index contributed by atoms with van der Waals surface area (Å²) in [4.78, 5) is 0. The molecule has 0 aliphatic carbocycles. The molecule has 0 radical (unpaired) electrons. The summed E-state index contributed by atoms with van der Waals surface area (Å²) in [6, 6.07) is 9.01. The molecule has 1 aromatic rings. The van der Waals surface area contributed by atoms with Gasteiger partial charge in [-0.1, -0.05) is 18.2 Å². The highest BCUT2D eigenvalue weighted by atomic mass is 16.5. The number of nitrogens with one attached hydrogen (secondary N) is 1. The lowest BCUT2D eigenvalue weighted by Crippen LogP contribution is -2.23. The molecule has 0 amide bonds. The average molecular weight is 206 g/mol. The van der Waals surface area contributed by atoms with Crippen LogP contribution >= 0.6 is 0 Å². The van der Waals surface area contributed by atoms with E-state index in [1.165, 1.54) is 0 Å². The van der Waals surface area contributed by atoms with E-state index < -0.39 is 6.04 Å². The Balaban J connectivity index is 2.86. The molecule has 0 heterocycles. The molecule has 0 saturated heterocycles. The zero-order chi connectivity index (χ0) is 11.1. The molecule has 0 bridgehead atoms. The van der Waals surface area contributed by atoms with Crippen LogP contribution < -0.4 is 10.1 Å². The van der Waals surface area contributed by atoms with Crippen LogP contribution in [0.2, 0.25) is 0 Å². The molecule has 1 rings (SSSR count). The van der Waals surface area contributed by atoms with Gasteiger partial charge in [-0.05, 0) is 6.07 Å². The molecule has 1 aromatic carbocycles. The maximum Gasteiger partial charge on any atom is 0.125 e. The summed E-state index contributed by atoms with van der Waals surface area (Å²) in [6.45, 7) is 0.392. The minimum absolute atomic E-state index is 0.00727. The number of nitriles is 1. The van der Waals surface area contributed by atoms with Crippen LogP contribution in [0.3, 0.4) is 0 Å². The van der Waals surface area contributed by atoms with Gasteiger partial charge in [0.05, 0.1) is 19.8 Å². The number of ether oxygens (including phenoxy) is 1. The van der Waals surface area contributed by atoms with Gasteiger partial charge in [0, 0.05) is 12.1 Å². The highest BCUT2D eigenvalue weighted by Gasteiger charge is 2.13. The highest BCUT2D eigenvalue weighted by molar-refractivity contribution is 5.38. The molecule has 1 unspecified atom stereocenters. The van der Waals surface area contributed by atoms with Crippen molar-refractivity contribution in [2.75, 3.05) is 20.3 Å². The van der Waals surface area contributed by atoms with Gasteiger partial charge in [0.2, 0.25) is 0 Å². The second kappa shape index (κ2) is 6.02. The maximum atomic E-state index is 8.98. The fraction of sp³-hybridized carbons (Fsp3) is 0.364. The molecule has 0 aromatic heterocycles. The lowest BCUT2D eigenvalue weighted by molar-refractivity contribution is 0.288. The van der Waals surface area contributed by atoms with Gasteiger partial charge in [0.25, 0.3) is 0 Å². The molecule has 0 aliphatic rings. The van der Waals surface area contributed by atoms with Crippen LogP contribution in [-0.4, -0.2) is 25.4 Å². The van der Waals surface area contributed by atoms with Gasteiger partial charge in [0.1, 0.15) is 11.8 Å². The quantitative estimate of drug-likeness (QED) is 0.749. The zero-order valence-corrected chi connectivity index (χ0v) is 8.60. The van der Waals surface area contributed by atoms with Crippen molar-refractivity contribution in [2.24, 2.45) is 0 Å². The van der Waals surface area contributed by atoms with Gasteiger partial charge in [-0.25, -0.2) is 0 Å². The Bertz CT molecular complexity index is 347. The summed E-state index contributed by atoms with van der Waals surface area (Å²) in [6.07, 6.45) is 0. The van der Waals surface area contributed by atoms with E-state index in [0.29, 0.717) is 12.3 Å². The molecule has 15 heavy (non-hydrogen) atoms. The second-order valence-corrected chi connectivity index (χ2v) is 2.98. The summed E-state index contributed by atoms with van der Waals surface area (Å²) in [7, 11) is 1.57. The monoisotopic (exact) mass is 206 g/mol. The largest absolute Gasteiger partial charge is 0.496 e. The van der Waals surface area contributed by atoms with Crippen LogP contribution in [0.4, 0.5) is 0 Å². The van der Waals surface area contributed by atoms with E-state index >= 15 is 0 Å². The smallest absolute Gasteiger partial charge is 0.125 e. The minimum Gasteiger partial charge on any atom is -0.496 e. The second-order valence-electron chi connectivity index (χ2n) is 2.98. The van der Waals surface area contributed by atoms with Crippen molar-refractivity contribution < 1.29 is 9.84 Å². The van der Waals surface area contributed by atoms with Gasteiger partial charge < -0.3 is 9.84 Å². The number of methoxy groups -OCH3 is 1. The van der Waals surface area contributed by atoms with Crippen LogP contribution in [0.1, 0.15) is 11.6 Å². The number of hydrogen-bond acceptors (Lipinski definition) is 4. The summed E-state index contributed by atoms with van der Waals surface area (Å²) in [5.41, 5.74) is 0.788. The molecule has 80 valence electrons. The number of rotatable bonds is 5. The Morgan fingerprint density at radius 1 is 1.53 bits per heavy atom. The summed E-state index contributed by atoms with van der Waals surface area (Å²) < 4.78 is 5.15. The van der Waals surface area contributed by atoms with E-state index in [4.69, 9.17) is 15.1 Å². The molecule has 2 N–H and O–H groups in total. The van der Waals surface area contributed by atoms with E-state index in [1.807, 2.05) is 18.2 Å². The lowest BCUT2D eigenvalue weighted by Gasteiger charge is -2.14. The number of para-hydroxylation sites is 1. The van der Waals surface area contributed by atoms with Crippen molar-refractivity contribution in [3.8, 4) is 11.8 Å². The minimum atomic E-state index is -0.451. The van der Waals surface area contributed by atoms with Crippen molar-refractivity contribution in [3.63, 3.8) is 0 Å². The van der Waals surface area contributed by atoms with Crippen molar-refractivity contribution >= 4 is 0 Å². The molecule has 0 saturated carbocycles. The van der Waals surface area contributed by atoms with E-state index in [0.717, 1.165) is 5.56 Å². The first-order chi connectivity index (χ1) is 7.33. The molecule has 1 atom stereocenters. The number of hydrogen-bond donors (Lipinski definition) is 2. The maximum absolute atomic E-state index is 8.98. The van der Waals surface area contributed by atoms with Crippen molar-refractivity contribution in [1.29, 1.82) is 5.26 Å². The van der Waals surface area contributed by atoms with Gasteiger partial charge in [-0.15, -0.1) is 0 Å². The number of aliphatic hydroxyl groups is 1. The van der Waals surface area contributed by atoms with Crippen molar-refractivity contribution in [1.82, 2.24) is 5.32 Å². The topological polar surface area (TPSA) is 65.3 Å². The molecular formula is C11H14N2O2. The first kappa shape index (κ1) is 11.5. The van der Waals surface area contributed by atoms with Crippen LogP contribution in [0.5, 0.6) is 5.75 Å². The molecule has 4 nitrogen and oxygen atoms in total. The highest BCUT2D eigenvalue weighted by Crippen LogP contribution is 2.23. The SMILES string of the molecule is COc1ccccc1C(C#N)NCCO. The van der Waals surface area contributed by atoms with Crippen LogP contribution in [0, 0.1) is 11.3 Å². The number of aliphatic hydroxyl groups excluding tert-OH is 1. The molecule has 0 spiro atoms. The average Bonchev–Trinajstić information content (AvgIpc) is 2.30. The fourth-order valence-corrected chi connectivity index (χ4v) is 1.34. The van der Waals surface area contributed by atoms with Gasteiger partial charge in [-0.3, -0.25) is 5.32 Å². The third-order valence-electron chi connectivity index (χ3n) is 2.04. The fourth-order valence-electron chi connectivity index (χ4n) is 1.34. The van der Waals surface area contributed by atoms with E-state index in [9.17, 15) is 0 Å². The predicted octanol–water partition coefficient (Wildman–Crippen LogP) is 0.842. The van der Waals surface area contributed by atoms with Crippen LogP contribution in [0.25, 0.3) is 0 Å². The van der Waals surface area contributed by atoms with E-state index in [2.05, 4.69) is 11.4 Å². The van der Waals surface area contributed by atoms with E-state index in [-0.39, 0.29) is 6.61 Å². The lowest BCUT2D eigenvalue weighted by atomic mass is 10.1. The number of nitrogens with zero attached hydrogens (tertiary/aromatic N) is 1. The zero-order valence-electron chi connectivity index (χ0n) is 8.60. The third kappa shape index (κ3) is 2.94. The Hall–Kier alpha value is -1.57. The Kier molecular flexibility index (Phi) is 4.61. The van der Waals surface area contributed by atoms with Gasteiger partial charge in [0.15, 0.2) is 0 Å². The Morgan fingerprint density at radius 3 is 2.87 bits per heavy atom. The van der Waals surface area contributed by atoms with Gasteiger partial charge >= 0.3 is 0 Å². The molecule has 0 aliphatic heterocycles. The Labute approximate surface area is 89.1 Å². The number of benzene rings is 1. The standard InChI is InChI=1S/C11H14N2O2/c1-15-11-5-3-2-4-9(11)10(8-12)13-6-7-14/h2-5,10,13-14H,6-7H2,1H3. The van der Waals surface area contributed by atoms with Crippen molar-refractivity contribution in [3.05, 3.63) is 29.8 Å². The van der Waals surface area contributed by atoms with Crippen molar-refractivity contribution in [2.45, 2.75) is 6.04 Å². The Morgan fingerprint density at radius 2 is 2.27 bits per heavy atom. The summed E-state index contributed by atoms with van der Waals surface area (Å²) in [5, 5.41) is 20.6. The first-order valence-electron chi connectivity index (χ1n) is 4.70.